The van der Waals surface area contributed by atoms with Crippen LogP contribution in [0.5, 0.6) is 0 Å². The van der Waals surface area contributed by atoms with Crippen LogP contribution in [0.15, 0.2) is 120 Å². The van der Waals surface area contributed by atoms with E-state index in [1.807, 2.05) is 36.4 Å². The minimum absolute atomic E-state index is 0.125. The number of hydrogen-bond donors (Lipinski definition) is 3. The van der Waals surface area contributed by atoms with E-state index in [1.54, 1.807) is 61.5 Å². The molecule has 8 nitrogen and oxygen atoms in total. The Morgan fingerprint density at radius 2 is 1.58 bits per heavy atom. The molecule has 0 saturated carbocycles. The van der Waals surface area contributed by atoms with Gasteiger partial charge in [0.15, 0.2) is 0 Å². The minimum Gasteiger partial charge on any atom is -0.462 e. The average molecular weight is 734 g/mol. The molecule has 6 rings (SSSR count). The number of anilines is 2. The quantitative estimate of drug-likeness (QED) is 0.0671. The molecule has 0 radical (unpaired) electrons. The van der Waals surface area contributed by atoms with Crippen LogP contribution >= 0.6 is 23.1 Å². The van der Waals surface area contributed by atoms with E-state index in [0.29, 0.717) is 26.7 Å². The number of halogens is 1. The molecule has 1 aliphatic carbocycles. The maximum absolute atomic E-state index is 14.6. The number of esters is 1. The van der Waals surface area contributed by atoms with E-state index in [0.717, 1.165) is 41.7 Å². The summed E-state index contributed by atoms with van der Waals surface area (Å²) >= 11 is 2.71. The predicted molar refractivity (Wildman–Crippen MR) is 204 cm³/mol. The fourth-order valence-corrected chi connectivity index (χ4v) is 8.19. The third-order valence-corrected chi connectivity index (χ3v) is 10.8. The number of benzene rings is 4. The van der Waals surface area contributed by atoms with Gasteiger partial charge in [-0.2, -0.15) is 0 Å². The maximum Gasteiger partial charge on any atom is 0.341 e. The predicted octanol–water partition coefficient (Wildman–Crippen LogP) is 8.82. The number of ether oxygens (including phenoxy) is 1. The molecule has 11 heteroatoms. The van der Waals surface area contributed by atoms with Gasteiger partial charge in [-0.25, -0.2) is 9.18 Å². The van der Waals surface area contributed by atoms with Crippen LogP contribution in [-0.4, -0.2) is 30.3 Å². The molecule has 1 aliphatic rings. The number of amides is 3. The van der Waals surface area contributed by atoms with Crippen molar-refractivity contribution in [3.63, 3.8) is 0 Å². The first kappa shape index (κ1) is 36.3. The number of carbonyl (C=O) groups excluding carboxylic acids is 4. The molecule has 0 saturated heterocycles. The van der Waals surface area contributed by atoms with E-state index in [4.69, 9.17) is 4.74 Å². The highest BCUT2D eigenvalue weighted by Crippen LogP contribution is 2.41. The van der Waals surface area contributed by atoms with Crippen LogP contribution in [0.3, 0.4) is 0 Å². The molecule has 0 fully saturated rings. The Kier molecular flexibility index (Phi) is 11.9. The Labute approximate surface area is 309 Å². The van der Waals surface area contributed by atoms with Crippen molar-refractivity contribution in [1.82, 2.24) is 5.32 Å². The summed E-state index contributed by atoms with van der Waals surface area (Å²) in [6, 6.07) is 30.6. The number of hydrogen-bond acceptors (Lipinski definition) is 7. The second-order valence-corrected chi connectivity index (χ2v) is 14.2. The molecule has 0 aliphatic heterocycles. The van der Waals surface area contributed by atoms with E-state index in [9.17, 15) is 23.6 Å². The first-order valence-corrected chi connectivity index (χ1v) is 18.6. The number of thiophene rings is 1. The molecule has 4 aromatic carbocycles. The lowest BCUT2D eigenvalue weighted by atomic mass is 9.95. The van der Waals surface area contributed by atoms with Gasteiger partial charge in [0.05, 0.1) is 12.2 Å². The largest absolute Gasteiger partial charge is 0.462 e. The number of nitrogens with one attached hydrogen (secondary N) is 3. The zero-order chi connectivity index (χ0) is 36.5. The van der Waals surface area contributed by atoms with Gasteiger partial charge in [0.2, 0.25) is 5.91 Å². The lowest BCUT2D eigenvalue weighted by molar-refractivity contribution is -0.116. The van der Waals surface area contributed by atoms with Crippen molar-refractivity contribution in [3.05, 3.63) is 153 Å². The van der Waals surface area contributed by atoms with Gasteiger partial charge in [-0.3, -0.25) is 14.4 Å². The van der Waals surface area contributed by atoms with Crippen molar-refractivity contribution in [2.75, 3.05) is 17.2 Å². The summed E-state index contributed by atoms with van der Waals surface area (Å²) in [5, 5.41) is 8.27. The molecular formula is C41H36FN3O5S2. The van der Waals surface area contributed by atoms with Gasteiger partial charge < -0.3 is 20.7 Å². The Hall–Kier alpha value is -5.52. The van der Waals surface area contributed by atoms with Crippen LogP contribution in [0.1, 0.15) is 67.3 Å². The molecule has 52 heavy (non-hydrogen) atoms. The fourth-order valence-electron chi connectivity index (χ4n) is 5.82. The number of thioether (sulfide) groups is 1. The molecule has 1 atom stereocenters. The van der Waals surface area contributed by atoms with Crippen LogP contribution in [0.4, 0.5) is 15.1 Å². The van der Waals surface area contributed by atoms with Gasteiger partial charge in [-0.15, -0.1) is 23.1 Å². The summed E-state index contributed by atoms with van der Waals surface area (Å²) in [6.45, 7) is 1.99. The number of rotatable bonds is 12. The smallest absolute Gasteiger partial charge is 0.341 e. The zero-order valence-electron chi connectivity index (χ0n) is 28.3. The number of aryl methyl sites for hydroxylation is 1. The molecule has 264 valence electrons. The second kappa shape index (κ2) is 17.1. The van der Waals surface area contributed by atoms with E-state index < -0.39 is 28.9 Å². The van der Waals surface area contributed by atoms with Gasteiger partial charge in [0, 0.05) is 26.6 Å². The maximum atomic E-state index is 14.6. The van der Waals surface area contributed by atoms with Gasteiger partial charge in [0.1, 0.15) is 21.8 Å². The molecular weight excluding hydrogens is 698 g/mol. The molecule has 1 heterocycles. The van der Waals surface area contributed by atoms with Gasteiger partial charge in [-0.05, 0) is 86.2 Å². The molecule has 0 spiro atoms. The Bertz CT molecular complexity index is 2120. The first-order chi connectivity index (χ1) is 25.3. The monoisotopic (exact) mass is 733 g/mol. The van der Waals surface area contributed by atoms with Crippen LogP contribution in [0.2, 0.25) is 0 Å². The van der Waals surface area contributed by atoms with Gasteiger partial charge in [-0.1, -0.05) is 72.8 Å². The van der Waals surface area contributed by atoms with Crippen molar-refractivity contribution in [1.29, 1.82) is 0 Å². The summed E-state index contributed by atoms with van der Waals surface area (Å²) in [5.41, 5.74) is 2.84. The average Bonchev–Trinajstić information content (AvgIpc) is 3.53. The summed E-state index contributed by atoms with van der Waals surface area (Å²) in [7, 11) is 0. The number of fused-ring (bicyclic) bond motifs is 1. The summed E-state index contributed by atoms with van der Waals surface area (Å²) < 4.78 is 20.0. The highest BCUT2D eigenvalue weighted by molar-refractivity contribution is 8.00. The first-order valence-electron chi connectivity index (χ1n) is 16.9. The van der Waals surface area contributed by atoms with Crippen molar-refractivity contribution in [3.8, 4) is 0 Å². The van der Waals surface area contributed by atoms with Crippen LogP contribution in [0.25, 0.3) is 6.08 Å². The molecule has 1 aromatic heterocycles. The second-order valence-electron chi connectivity index (χ2n) is 11.9. The van der Waals surface area contributed by atoms with Crippen LogP contribution in [-0.2, 0) is 27.2 Å². The zero-order valence-corrected chi connectivity index (χ0v) is 30.0. The van der Waals surface area contributed by atoms with E-state index >= 15 is 0 Å². The van der Waals surface area contributed by atoms with Crippen molar-refractivity contribution < 1.29 is 28.3 Å². The summed E-state index contributed by atoms with van der Waals surface area (Å²) in [4.78, 5) is 55.7. The minimum atomic E-state index is -0.719. The van der Waals surface area contributed by atoms with Crippen molar-refractivity contribution >= 4 is 63.6 Å². The molecule has 1 unspecified atom stereocenters. The van der Waals surface area contributed by atoms with Crippen molar-refractivity contribution in [2.45, 2.75) is 42.8 Å². The van der Waals surface area contributed by atoms with Crippen molar-refractivity contribution in [2.24, 2.45) is 0 Å². The summed E-state index contributed by atoms with van der Waals surface area (Å²) in [5.74, 6) is -2.50. The van der Waals surface area contributed by atoms with E-state index in [2.05, 4.69) is 16.0 Å². The fraction of sp³-hybridized carbons (Fsp3) is 0.171. The standard InChI is InChI=1S/C41H36FN3O5S2/c1-2-50-41(49)35-31-21-10-12-23-34(31)52-40(35)45-39(48)36(26-14-5-3-6-15-26)51-30-20-13-19-29(25-30)43-38(47)33(24-28-18-9-11-22-32(28)42)44-37(46)27-16-7-4-8-17-27/h3-9,11,13-20,22,24-25,36H,2,10,12,21,23H2,1H3,(H,43,47)(H,44,46)(H,45,48)/b33-24-. The Morgan fingerprint density at radius 3 is 2.33 bits per heavy atom. The van der Waals surface area contributed by atoms with Crippen LogP contribution in [0, 0.1) is 5.82 Å². The van der Waals surface area contributed by atoms with Crippen LogP contribution < -0.4 is 16.0 Å². The highest BCUT2D eigenvalue weighted by Gasteiger charge is 2.30. The number of carbonyl (C=O) groups is 4. The topological polar surface area (TPSA) is 114 Å². The van der Waals surface area contributed by atoms with Gasteiger partial charge >= 0.3 is 5.97 Å². The Balaban J connectivity index is 1.25. The van der Waals surface area contributed by atoms with Gasteiger partial charge in [0.25, 0.3) is 11.8 Å². The third-order valence-electron chi connectivity index (χ3n) is 8.31. The third kappa shape index (κ3) is 8.85. The molecule has 5 aromatic rings. The van der Waals surface area contributed by atoms with E-state index in [1.165, 1.54) is 47.4 Å². The normalized spacial score (nSPS) is 13.0. The van der Waals surface area contributed by atoms with E-state index in [-0.39, 0.29) is 23.8 Å². The lowest BCUT2D eigenvalue weighted by Crippen LogP contribution is -2.30. The highest BCUT2D eigenvalue weighted by atomic mass is 32.2. The lowest BCUT2D eigenvalue weighted by Gasteiger charge is -2.18. The Morgan fingerprint density at radius 1 is 0.865 bits per heavy atom. The molecule has 3 amide bonds. The SMILES string of the molecule is CCOC(=O)c1c(NC(=O)C(Sc2cccc(NC(=O)/C(=C/c3ccccc3F)NC(=O)c3ccccc3)c2)c2ccccc2)sc2c1CCCC2. The molecule has 0 bridgehead atoms. The summed E-state index contributed by atoms with van der Waals surface area (Å²) in [6.07, 6.45) is 4.90. The molecule has 3 N–H and O–H groups in total.